The van der Waals surface area contributed by atoms with Crippen molar-refractivity contribution >= 4 is 0 Å². The summed E-state index contributed by atoms with van der Waals surface area (Å²) in [6.45, 7) is 8.06. The van der Waals surface area contributed by atoms with E-state index in [2.05, 4.69) is 42.9 Å². The number of aromatic nitrogens is 1. The molecule has 2 rings (SSSR count). The van der Waals surface area contributed by atoms with E-state index >= 15 is 0 Å². The molecule has 0 atom stereocenters. The molecule has 0 aliphatic rings. The Hall–Kier alpha value is -1.61. The zero-order valence-electron chi connectivity index (χ0n) is 11.8. The second-order valence-electron chi connectivity index (χ2n) is 5.86. The van der Waals surface area contributed by atoms with E-state index in [-0.39, 0.29) is 11.4 Å². The molecule has 0 saturated carbocycles. The predicted molar refractivity (Wildman–Crippen MR) is 76.5 cm³/mol. The normalized spacial score (nSPS) is 11.8. The van der Waals surface area contributed by atoms with E-state index in [1.54, 1.807) is 0 Å². The monoisotopic (exact) mass is 260 g/mol. The minimum atomic E-state index is -0.189. The first-order chi connectivity index (χ1) is 8.94. The summed E-state index contributed by atoms with van der Waals surface area (Å²) in [5.74, 6) is -0.189. The van der Waals surface area contributed by atoms with Crippen molar-refractivity contribution < 1.29 is 4.39 Å². The van der Waals surface area contributed by atoms with Gasteiger partial charge in [0, 0.05) is 30.5 Å². The highest BCUT2D eigenvalue weighted by atomic mass is 19.1. The van der Waals surface area contributed by atoms with Gasteiger partial charge in [0.1, 0.15) is 5.82 Å². The fraction of sp³-hybridized carbons (Fsp3) is 0.375. The zero-order chi connectivity index (χ0) is 13.9. The predicted octanol–water partition coefficient (Wildman–Crippen LogP) is 3.56. The van der Waals surface area contributed by atoms with Crippen molar-refractivity contribution in [1.29, 1.82) is 0 Å². The molecule has 0 saturated heterocycles. The van der Waals surface area contributed by atoms with Crippen LogP contribution in [0.2, 0.25) is 0 Å². The maximum atomic E-state index is 12.9. The Kier molecular flexibility index (Phi) is 4.05. The van der Waals surface area contributed by atoms with Crippen LogP contribution >= 0.6 is 0 Å². The van der Waals surface area contributed by atoms with Gasteiger partial charge in [-0.05, 0) is 50.6 Å². The van der Waals surface area contributed by atoms with Crippen molar-refractivity contribution in [3.63, 3.8) is 0 Å². The van der Waals surface area contributed by atoms with Crippen molar-refractivity contribution in [2.75, 3.05) is 0 Å². The first kappa shape index (κ1) is 13.8. The summed E-state index contributed by atoms with van der Waals surface area (Å²) in [4.78, 5) is 0. The van der Waals surface area contributed by atoms with Gasteiger partial charge in [-0.3, -0.25) is 0 Å². The molecule has 1 N–H and O–H groups in total. The average Bonchev–Trinajstić information content (AvgIpc) is 2.76. The van der Waals surface area contributed by atoms with Gasteiger partial charge in [-0.15, -0.1) is 0 Å². The van der Waals surface area contributed by atoms with Gasteiger partial charge in [-0.2, -0.15) is 0 Å². The van der Waals surface area contributed by atoms with Gasteiger partial charge in [-0.1, -0.05) is 12.1 Å². The van der Waals surface area contributed by atoms with Crippen LogP contribution in [-0.2, 0) is 13.1 Å². The zero-order valence-corrected chi connectivity index (χ0v) is 11.8. The van der Waals surface area contributed by atoms with Gasteiger partial charge in [0.25, 0.3) is 0 Å². The summed E-state index contributed by atoms with van der Waals surface area (Å²) in [5, 5.41) is 3.48. The Morgan fingerprint density at radius 1 is 1.11 bits per heavy atom. The summed E-state index contributed by atoms with van der Waals surface area (Å²) in [6.07, 6.45) is 2.06. The molecule has 3 heteroatoms. The van der Waals surface area contributed by atoms with Crippen LogP contribution in [-0.4, -0.2) is 10.1 Å². The minimum Gasteiger partial charge on any atom is -0.346 e. The Morgan fingerprint density at radius 2 is 1.79 bits per heavy atom. The maximum absolute atomic E-state index is 12.9. The molecule has 0 aliphatic heterocycles. The van der Waals surface area contributed by atoms with Crippen LogP contribution in [0.1, 0.15) is 32.0 Å². The molecule has 1 aromatic heterocycles. The first-order valence-corrected chi connectivity index (χ1v) is 6.57. The average molecular weight is 260 g/mol. The van der Waals surface area contributed by atoms with Crippen LogP contribution < -0.4 is 5.32 Å². The number of hydrogen-bond donors (Lipinski definition) is 1. The Labute approximate surface area is 114 Å². The third-order valence-electron chi connectivity index (χ3n) is 2.99. The molecule has 1 aromatic carbocycles. The quantitative estimate of drug-likeness (QED) is 0.889. The molecular formula is C16H21FN2. The molecule has 1 heterocycles. The summed E-state index contributed by atoms with van der Waals surface area (Å²) in [7, 11) is 0. The van der Waals surface area contributed by atoms with Gasteiger partial charge in [0.05, 0.1) is 0 Å². The highest BCUT2D eigenvalue weighted by molar-refractivity contribution is 5.18. The van der Waals surface area contributed by atoms with Crippen molar-refractivity contribution in [3.8, 4) is 0 Å². The molecule has 2 aromatic rings. The second kappa shape index (κ2) is 5.57. The topological polar surface area (TPSA) is 17.0 Å². The maximum Gasteiger partial charge on any atom is 0.123 e. The lowest BCUT2D eigenvalue weighted by Gasteiger charge is -2.21. The number of nitrogens with zero attached hydrogens (tertiary/aromatic N) is 1. The number of hydrogen-bond acceptors (Lipinski definition) is 1. The SMILES string of the molecule is CC(C)(C)NCc1cccn1Cc1ccc(F)cc1. The number of halogens is 1. The van der Waals surface area contributed by atoms with Crippen LogP contribution in [0, 0.1) is 5.82 Å². The highest BCUT2D eigenvalue weighted by Gasteiger charge is 2.10. The minimum absolute atomic E-state index is 0.102. The molecule has 0 aliphatic carbocycles. The van der Waals surface area contributed by atoms with E-state index in [0.29, 0.717) is 0 Å². The molecule has 0 spiro atoms. The van der Waals surface area contributed by atoms with Crippen LogP contribution in [0.5, 0.6) is 0 Å². The van der Waals surface area contributed by atoms with Crippen molar-refractivity contribution in [1.82, 2.24) is 9.88 Å². The van der Waals surface area contributed by atoms with Gasteiger partial charge in [-0.25, -0.2) is 4.39 Å². The Balaban J connectivity index is 2.05. The molecule has 102 valence electrons. The van der Waals surface area contributed by atoms with E-state index in [9.17, 15) is 4.39 Å². The fourth-order valence-corrected chi connectivity index (χ4v) is 1.91. The van der Waals surface area contributed by atoms with Gasteiger partial charge in [0.15, 0.2) is 0 Å². The number of rotatable bonds is 4. The Bertz CT molecular complexity index is 520. The fourth-order valence-electron chi connectivity index (χ4n) is 1.91. The van der Waals surface area contributed by atoms with E-state index in [4.69, 9.17) is 0 Å². The summed E-state index contributed by atoms with van der Waals surface area (Å²) >= 11 is 0. The second-order valence-corrected chi connectivity index (χ2v) is 5.86. The van der Waals surface area contributed by atoms with Crippen molar-refractivity contribution in [2.24, 2.45) is 0 Å². The highest BCUT2D eigenvalue weighted by Crippen LogP contribution is 2.10. The molecule has 2 nitrogen and oxygen atoms in total. The summed E-state index contributed by atoms with van der Waals surface area (Å²) in [5.41, 5.74) is 2.44. The van der Waals surface area contributed by atoms with Crippen molar-refractivity contribution in [2.45, 2.75) is 39.4 Å². The molecule has 0 radical (unpaired) electrons. The summed E-state index contributed by atoms with van der Waals surface area (Å²) < 4.78 is 15.1. The summed E-state index contributed by atoms with van der Waals surface area (Å²) in [6, 6.07) is 10.8. The standard InChI is InChI=1S/C16H21FN2/c1-16(2,3)18-11-15-5-4-10-19(15)12-13-6-8-14(17)9-7-13/h4-10,18H,11-12H2,1-3H3. The third kappa shape index (κ3) is 4.21. The molecular weight excluding hydrogens is 239 g/mol. The van der Waals surface area contributed by atoms with Gasteiger partial charge >= 0.3 is 0 Å². The van der Waals surface area contributed by atoms with Crippen LogP contribution in [0.15, 0.2) is 42.6 Å². The lowest BCUT2D eigenvalue weighted by atomic mass is 10.1. The molecule has 19 heavy (non-hydrogen) atoms. The van der Waals surface area contributed by atoms with Crippen LogP contribution in [0.25, 0.3) is 0 Å². The number of benzene rings is 1. The lowest BCUT2D eigenvalue weighted by molar-refractivity contribution is 0.417. The molecule has 0 bridgehead atoms. The molecule has 0 unspecified atom stereocenters. The smallest absolute Gasteiger partial charge is 0.123 e. The first-order valence-electron chi connectivity index (χ1n) is 6.57. The number of nitrogens with one attached hydrogen (secondary N) is 1. The lowest BCUT2D eigenvalue weighted by Crippen LogP contribution is -2.35. The van der Waals surface area contributed by atoms with Crippen molar-refractivity contribution in [3.05, 3.63) is 59.7 Å². The van der Waals surface area contributed by atoms with Crippen LogP contribution in [0.4, 0.5) is 4.39 Å². The van der Waals surface area contributed by atoms with Gasteiger partial charge < -0.3 is 9.88 Å². The Morgan fingerprint density at radius 3 is 2.42 bits per heavy atom. The van der Waals surface area contributed by atoms with E-state index in [0.717, 1.165) is 18.7 Å². The largest absolute Gasteiger partial charge is 0.346 e. The molecule has 0 fully saturated rings. The van der Waals surface area contributed by atoms with Crippen LogP contribution in [0.3, 0.4) is 0 Å². The van der Waals surface area contributed by atoms with Gasteiger partial charge in [0.2, 0.25) is 0 Å². The third-order valence-corrected chi connectivity index (χ3v) is 2.99. The van der Waals surface area contributed by atoms with E-state index in [1.807, 2.05) is 18.2 Å². The molecule has 0 amide bonds. The van der Waals surface area contributed by atoms with E-state index in [1.165, 1.54) is 17.8 Å². The van der Waals surface area contributed by atoms with E-state index < -0.39 is 0 Å².